The number of hydroxylamine groups is 4. The minimum absolute atomic E-state index is 0.605. The highest BCUT2D eigenvalue weighted by Crippen LogP contribution is 2.47. The maximum absolute atomic E-state index is 10.8. The number of rotatable bonds is 4. The Morgan fingerprint density at radius 1 is 0.600 bits per heavy atom. The zero-order chi connectivity index (χ0) is 21.5. The summed E-state index contributed by atoms with van der Waals surface area (Å²) in [6.45, 7) is 7.76. The average Bonchev–Trinajstić information content (AvgIpc) is 2.87. The molecule has 1 fully saturated rings. The van der Waals surface area contributed by atoms with Gasteiger partial charge in [0.2, 0.25) is 0 Å². The van der Waals surface area contributed by atoms with Crippen LogP contribution in [0.4, 0.5) is 0 Å². The summed E-state index contributed by atoms with van der Waals surface area (Å²) in [5, 5.41) is 28.0. The molecule has 0 aliphatic carbocycles. The fourth-order valence-corrected chi connectivity index (χ4v) is 6.24. The molecule has 4 nitrogen and oxygen atoms in total. The Labute approximate surface area is 180 Å². The van der Waals surface area contributed by atoms with Crippen LogP contribution in [0.15, 0.2) is 84.9 Å². The number of benzene rings is 3. The van der Waals surface area contributed by atoms with Gasteiger partial charge in [0.15, 0.2) is 0 Å². The van der Waals surface area contributed by atoms with Crippen LogP contribution in [0.3, 0.4) is 0 Å². The zero-order valence-electron chi connectivity index (χ0n) is 17.9. The molecule has 0 radical (unpaired) electrons. The van der Waals surface area contributed by atoms with Gasteiger partial charge in [0, 0.05) is 0 Å². The van der Waals surface area contributed by atoms with E-state index in [9.17, 15) is 10.4 Å². The lowest BCUT2D eigenvalue weighted by atomic mass is 9.84. The fraction of sp³-hybridized carbons (Fsp3) is 0.280. The molecule has 0 unspecified atom stereocenters. The van der Waals surface area contributed by atoms with Gasteiger partial charge in [-0.1, -0.05) is 84.9 Å². The highest BCUT2D eigenvalue weighted by molar-refractivity contribution is 7.79. The molecule has 0 amide bonds. The summed E-state index contributed by atoms with van der Waals surface area (Å²) in [6.07, 6.45) is -0.608. The quantitative estimate of drug-likeness (QED) is 0.615. The van der Waals surface area contributed by atoms with Crippen molar-refractivity contribution in [3.8, 4) is 0 Å². The van der Waals surface area contributed by atoms with Crippen molar-refractivity contribution >= 4 is 23.8 Å². The van der Waals surface area contributed by atoms with Crippen molar-refractivity contribution in [2.24, 2.45) is 0 Å². The maximum Gasteiger partial charge on any atom is 0.136 e. The van der Waals surface area contributed by atoms with E-state index in [-0.39, 0.29) is 0 Å². The lowest BCUT2D eigenvalue weighted by molar-refractivity contribution is -0.223. The van der Waals surface area contributed by atoms with Gasteiger partial charge in [-0.05, 0) is 57.1 Å². The number of hydrogen-bond donors (Lipinski definition) is 2. The molecule has 1 saturated heterocycles. The van der Waals surface area contributed by atoms with Crippen LogP contribution < -0.4 is 15.9 Å². The van der Waals surface area contributed by atoms with Gasteiger partial charge in [0.05, 0.1) is 11.1 Å². The molecule has 0 atom stereocenters. The van der Waals surface area contributed by atoms with Crippen LogP contribution in [0.1, 0.15) is 39.4 Å². The molecule has 4 rings (SSSR count). The second-order valence-corrected chi connectivity index (χ2v) is 11.0. The predicted molar refractivity (Wildman–Crippen MR) is 123 cm³/mol. The van der Waals surface area contributed by atoms with Crippen molar-refractivity contribution in [2.45, 2.75) is 44.9 Å². The van der Waals surface area contributed by atoms with E-state index in [0.29, 0.717) is 0 Å². The highest BCUT2D eigenvalue weighted by Gasteiger charge is 2.58. The summed E-state index contributed by atoms with van der Waals surface area (Å²) in [7, 11) is -0.683. The first-order chi connectivity index (χ1) is 14.2. The van der Waals surface area contributed by atoms with Crippen molar-refractivity contribution in [2.75, 3.05) is 0 Å². The van der Waals surface area contributed by atoms with E-state index in [1.54, 1.807) is 0 Å². The summed E-state index contributed by atoms with van der Waals surface area (Å²) in [4.78, 5) is 0. The van der Waals surface area contributed by atoms with E-state index >= 15 is 0 Å². The zero-order valence-corrected chi connectivity index (χ0v) is 18.8. The molecule has 156 valence electrons. The Morgan fingerprint density at radius 2 is 0.967 bits per heavy atom. The molecule has 5 heteroatoms. The summed E-state index contributed by atoms with van der Waals surface area (Å²) in [5.41, 5.74) is -0.351. The summed E-state index contributed by atoms with van der Waals surface area (Å²) < 4.78 is 0. The van der Waals surface area contributed by atoms with Crippen molar-refractivity contribution in [1.82, 2.24) is 10.1 Å². The van der Waals surface area contributed by atoms with Crippen LogP contribution in [0.25, 0.3) is 0 Å². The third kappa shape index (κ3) is 3.39. The smallest absolute Gasteiger partial charge is 0.136 e. The third-order valence-electron chi connectivity index (χ3n) is 6.58. The molecule has 30 heavy (non-hydrogen) atoms. The summed E-state index contributed by atoms with van der Waals surface area (Å²) >= 11 is 0. The van der Waals surface area contributed by atoms with Gasteiger partial charge in [-0.3, -0.25) is 0 Å². The first kappa shape index (κ1) is 21.2. The van der Waals surface area contributed by atoms with Gasteiger partial charge < -0.3 is 10.4 Å². The van der Waals surface area contributed by atoms with E-state index < -0.39 is 25.2 Å². The van der Waals surface area contributed by atoms with Crippen LogP contribution in [0.5, 0.6) is 0 Å². The summed E-state index contributed by atoms with van der Waals surface area (Å²) in [5.74, 6) is 0. The molecule has 0 spiro atoms. The molecule has 3 aromatic rings. The van der Waals surface area contributed by atoms with Crippen LogP contribution >= 0.6 is 7.92 Å². The molecule has 2 N–H and O–H groups in total. The molecular formula is C25H29N2O2P. The SMILES string of the molecule is CC1(C)N(O)C(c2ccc(P(c3ccccc3)c3ccccc3)cc2)N(O)C1(C)C. The minimum Gasteiger partial charge on any atom is -0.311 e. The lowest BCUT2D eigenvalue weighted by Crippen LogP contribution is -2.52. The Bertz CT molecular complexity index is 931. The van der Waals surface area contributed by atoms with Crippen molar-refractivity contribution in [1.29, 1.82) is 0 Å². The molecule has 0 bridgehead atoms. The minimum atomic E-state index is -0.683. The van der Waals surface area contributed by atoms with Gasteiger partial charge in [-0.15, -0.1) is 0 Å². The molecule has 0 saturated carbocycles. The first-order valence-corrected chi connectivity index (χ1v) is 11.6. The molecule has 1 aliphatic heterocycles. The maximum atomic E-state index is 10.8. The van der Waals surface area contributed by atoms with Gasteiger partial charge in [0.25, 0.3) is 0 Å². The fourth-order valence-electron chi connectivity index (χ4n) is 3.95. The van der Waals surface area contributed by atoms with Crippen LogP contribution in [-0.2, 0) is 0 Å². The molecular weight excluding hydrogens is 391 g/mol. The van der Waals surface area contributed by atoms with Crippen LogP contribution in [0, 0.1) is 0 Å². The third-order valence-corrected chi connectivity index (χ3v) is 9.03. The molecule has 1 aliphatic rings. The van der Waals surface area contributed by atoms with Crippen molar-refractivity contribution in [3.63, 3.8) is 0 Å². The monoisotopic (exact) mass is 420 g/mol. The molecule has 3 aromatic carbocycles. The first-order valence-electron chi connectivity index (χ1n) is 10.2. The van der Waals surface area contributed by atoms with E-state index in [1.807, 2.05) is 52.0 Å². The Kier molecular flexibility index (Phi) is 5.56. The number of nitrogens with zero attached hydrogens (tertiary/aromatic N) is 2. The summed E-state index contributed by atoms with van der Waals surface area (Å²) in [6, 6.07) is 29.4. The van der Waals surface area contributed by atoms with E-state index in [2.05, 4.69) is 60.7 Å². The van der Waals surface area contributed by atoms with Gasteiger partial charge in [-0.25, -0.2) is 0 Å². The van der Waals surface area contributed by atoms with Crippen LogP contribution in [0.2, 0.25) is 0 Å². The van der Waals surface area contributed by atoms with Crippen LogP contribution in [-0.4, -0.2) is 31.6 Å². The van der Waals surface area contributed by atoms with E-state index in [1.165, 1.54) is 26.0 Å². The van der Waals surface area contributed by atoms with E-state index in [0.717, 1.165) is 5.56 Å². The highest BCUT2D eigenvalue weighted by atomic mass is 31.1. The molecule has 0 aromatic heterocycles. The average molecular weight is 420 g/mol. The lowest BCUT2D eigenvalue weighted by Gasteiger charge is -2.37. The molecule has 1 heterocycles. The second kappa shape index (κ2) is 7.88. The van der Waals surface area contributed by atoms with Crippen molar-refractivity contribution in [3.05, 3.63) is 90.5 Å². The van der Waals surface area contributed by atoms with Gasteiger partial charge >= 0.3 is 0 Å². The largest absolute Gasteiger partial charge is 0.311 e. The van der Waals surface area contributed by atoms with E-state index in [4.69, 9.17) is 0 Å². The standard InChI is InChI=1S/C25H29N2O2P/c1-24(2)25(3,4)27(29)23(26(24)28)19-15-17-22(18-16-19)30(20-11-7-5-8-12-20)21-13-9-6-10-14-21/h5-18,23,28-29H,1-4H3. The number of hydrogen-bond acceptors (Lipinski definition) is 4. The Balaban J connectivity index is 1.72. The van der Waals surface area contributed by atoms with Crippen molar-refractivity contribution < 1.29 is 10.4 Å². The normalized spacial score (nSPS) is 19.4. The predicted octanol–water partition coefficient (Wildman–Crippen LogP) is 4.40. The van der Waals surface area contributed by atoms with Gasteiger partial charge in [-0.2, -0.15) is 10.1 Å². The second-order valence-electron chi connectivity index (χ2n) is 8.78. The van der Waals surface area contributed by atoms with Gasteiger partial charge in [0.1, 0.15) is 6.17 Å². The topological polar surface area (TPSA) is 46.9 Å². The Hall–Kier alpha value is -2.07. The Morgan fingerprint density at radius 3 is 1.37 bits per heavy atom.